The Balaban J connectivity index is 1.29. The third kappa shape index (κ3) is 5.33. The summed E-state index contributed by atoms with van der Waals surface area (Å²) < 4.78 is 58.8. The van der Waals surface area contributed by atoms with E-state index in [0.29, 0.717) is 18.1 Å². The number of aromatic amines is 1. The highest BCUT2D eigenvalue weighted by Gasteiger charge is 2.62. The molecule has 5 rings (SSSR count). The summed E-state index contributed by atoms with van der Waals surface area (Å²) >= 11 is 0. The highest BCUT2D eigenvalue weighted by molar-refractivity contribution is 8.76. The van der Waals surface area contributed by atoms with Gasteiger partial charge in [0.2, 0.25) is 0 Å². The van der Waals surface area contributed by atoms with Crippen LogP contribution in [-0.4, -0.2) is 57.7 Å². The lowest BCUT2D eigenvalue weighted by atomic mass is 9.98. The first kappa shape index (κ1) is 25.2. The van der Waals surface area contributed by atoms with Crippen molar-refractivity contribution in [2.75, 3.05) is 18.1 Å². The van der Waals surface area contributed by atoms with Gasteiger partial charge in [-0.3, -0.25) is 27.9 Å². The zero-order valence-corrected chi connectivity index (χ0v) is 21.1. The van der Waals surface area contributed by atoms with Gasteiger partial charge < -0.3 is 9.47 Å². The first-order valence-corrected chi connectivity index (χ1v) is 14.9. The Morgan fingerprint density at radius 2 is 1.94 bits per heavy atom. The summed E-state index contributed by atoms with van der Waals surface area (Å²) in [5, 5.41) is 0. The Bertz CT molecular complexity index is 1210. The molecular weight excluding hydrogens is 522 g/mol. The molecule has 3 saturated heterocycles. The van der Waals surface area contributed by atoms with Gasteiger partial charge in [-0.15, -0.1) is 0 Å². The largest absolute Gasteiger partial charge is 0.475 e. The van der Waals surface area contributed by atoms with Crippen LogP contribution >= 0.6 is 29.4 Å². The van der Waals surface area contributed by atoms with Crippen LogP contribution in [0.3, 0.4) is 0 Å². The number of alkyl halides is 1. The number of rotatable bonds is 6. The maximum atomic E-state index is 15.9. The number of H-pyrrole nitrogens is 1. The van der Waals surface area contributed by atoms with E-state index in [0.717, 1.165) is 22.4 Å². The molecule has 14 heteroatoms. The number of hydrogen-bond donors (Lipinski definition) is 1. The Kier molecular flexibility index (Phi) is 7.30. The number of halogens is 1. The molecule has 35 heavy (non-hydrogen) atoms. The van der Waals surface area contributed by atoms with Crippen molar-refractivity contribution >= 4 is 29.4 Å². The van der Waals surface area contributed by atoms with Gasteiger partial charge in [0, 0.05) is 23.8 Å². The van der Waals surface area contributed by atoms with Crippen LogP contribution in [0.2, 0.25) is 0 Å². The second kappa shape index (κ2) is 10.1. The van der Waals surface area contributed by atoms with Crippen LogP contribution in [-0.2, 0) is 34.2 Å². The molecule has 1 aromatic carbocycles. The molecular formula is C21H24FN2O8PS2. The van der Waals surface area contributed by atoms with Gasteiger partial charge in [-0.05, 0) is 12.5 Å². The normalized spacial score (nSPS) is 37.1. The molecule has 4 heterocycles. The van der Waals surface area contributed by atoms with E-state index in [4.69, 9.17) is 23.0 Å². The molecule has 3 aliphatic rings. The van der Waals surface area contributed by atoms with Gasteiger partial charge in [0.05, 0.1) is 19.3 Å². The van der Waals surface area contributed by atoms with Crippen molar-refractivity contribution in [2.24, 2.45) is 0 Å². The smallest absolute Gasteiger partial charge is 0.370 e. The topological polar surface area (TPSA) is 118 Å². The fourth-order valence-electron chi connectivity index (χ4n) is 4.15. The van der Waals surface area contributed by atoms with Gasteiger partial charge in [0.15, 0.2) is 11.9 Å². The first-order chi connectivity index (χ1) is 16.7. The van der Waals surface area contributed by atoms with Crippen molar-refractivity contribution in [3.05, 3.63) is 69.0 Å². The lowest BCUT2D eigenvalue weighted by Crippen LogP contribution is -2.47. The Labute approximate surface area is 207 Å². The molecule has 1 N–H and O–H groups in total. The number of phosphoric acid groups is 1. The van der Waals surface area contributed by atoms with Gasteiger partial charge in [0.1, 0.15) is 18.3 Å². The minimum absolute atomic E-state index is 0.250. The Morgan fingerprint density at radius 1 is 1.20 bits per heavy atom. The van der Waals surface area contributed by atoms with E-state index in [-0.39, 0.29) is 12.7 Å². The number of aromatic nitrogens is 2. The summed E-state index contributed by atoms with van der Waals surface area (Å²) in [6.45, 7) is 1.30. The third-order valence-electron chi connectivity index (χ3n) is 5.96. The number of phosphoric ester groups is 1. The number of nitrogens with one attached hydrogen (secondary N) is 1. The van der Waals surface area contributed by atoms with Gasteiger partial charge in [-0.1, -0.05) is 51.9 Å². The maximum Gasteiger partial charge on any atom is 0.475 e. The monoisotopic (exact) mass is 546 g/mol. The summed E-state index contributed by atoms with van der Waals surface area (Å²) in [5.74, 6) is 1.09. The number of nitrogens with zero attached hydrogens (tertiary/aromatic N) is 1. The second-order valence-electron chi connectivity index (χ2n) is 8.51. The minimum atomic E-state index is -4.17. The summed E-state index contributed by atoms with van der Waals surface area (Å²) in [6, 6.07) is 10.7. The molecule has 2 unspecified atom stereocenters. The zero-order valence-electron chi connectivity index (χ0n) is 18.6. The van der Waals surface area contributed by atoms with Gasteiger partial charge in [0.25, 0.3) is 5.56 Å². The standard InChI is InChI=1S/C21H24FN2O8PS2/c1-21(22)18-14(30-19(21)24-8-7-17(25)23-20(24)26)10-29-33(27,32-18)31-16-12-35-34-11-15(16)28-9-13-5-3-2-4-6-13/h2-8,14-16,18-19H,9-12H2,1H3,(H,23,25,26)/t14-,15?,16+,18-,19-,21-,33?/m1/s1. The molecule has 3 fully saturated rings. The van der Waals surface area contributed by atoms with Crippen LogP contribution in [0.15, 0.2) is 52.2 Å². The van der Waals surface area contributed by atoms with Crippen molar-refractivity contribution in [1.82, 2.24) is 9.55 Å². The third-order valence-corrected chi connectivity index (χ3v) is 9.85. The Morgan fingerprint density at radius 3 is 2.69 bits per heavy atom. The summed E-state index contributed by atoms with van der Waals surface area (Å²) in [7, 11) is -1.00. The first-order valence-electron chi connectivity index (χ1n) is 10.9. The molecule has 10 nitrogen and oxygen atoms in total. The van der Waals surface area contributed by atoms with Crippen molar-refractivity contribution < 1.29 is 32.0 Å². The molecule has 7 atom stereocenters. The Hall–Kier alpha value is -1.44. The number of hydrogen-bond acceptors (Lipinski definition) is 10. The lowest BCUT2D eigenvalue weighted by Gasteiger charge is -2.37. The second-order valence-corrected chi connectivity index (χ2v) is 12.6. The molecule has 0 radical (unpaired) electrons. The SMILES string of the molecule is C[C@@]1(F)[C@@H]2OP(=O)(O[C@H]3CSSCC3OCc3ccccc3)OC[C@H]2O[C@H]1n1ccc(=O)[nH]c1=O. The molecule has 0 amide bonds. The molecule has 0 bridgehead atoms. The van der Waals surface area contributed by atoms with Crippen molar-refractivity contribution in [1.29, 1.82) is 0 Å². The molecule has 3 aliphatic heterocycles. The average molecular weight is 547 g/mol. The van der Waals surface area contributed by atoms with E-state index in [1.165, 1.54) is 6.92 Å². The van der Waals surface area contributed by atoms with Gasteiger partial charge in [-0.25, -0.2) is 13.8 Å². The average Bonchev–Trinajstić information content (AvgIpc) is 3.08. The van der Waals surface area contributed by atoms with E-state index in [1.54, 1.807) is 21.6 Å². The maximum absolute atomic E-state index is 15.9. The van der Waals surface area contributed by atoms with E-state index in [2.05, 4.69) is 4.98 Å². The highest BCUT2D eigenvalue weighted by Crippen LogP contribution is 2.60. The van der Waals surface area contributed by atoms with E-state index in [9.17, 15) is 14.2 Å². The van der Waals surface area contributed by atoms with Crippen molar-refractivity contribution in [2.45, 2.75) is 49.8 Å². The van der Waals surface area contributed by atoms with Crippen LogP contribution in [0.25, 0.3) is 0 Å². The van der Waals surface area contributed by atoms with Crippen LogP contribution in [0.4, 0.5) is 4.39 Å². The summed E-state index contributed by atoms with van der Waals surface area (Å²) in [5.41, 5.74) is -2.72. The number of ether oxygens (including phenoxy) is 2. The van der Waals surface area contributed by atoms with Gasteiger partial charge >= 0.3 is 13.5 Å². The molecule has 0 spiro atoms. The quantitative estimate of drug-likeness (QED) is 0.428. The molecule has 0 saturated carbocycles. The van der Waals surface area contributed by atoms with E-state index in [1.807, 2.05) is 30.3 Å². The van der Waals surface area contributed by atoms with Crippen LogP contribution < -0.4 is 11.2 Å². The van der Waals surface area contributed by atoms with Crippen LogP contribution in [0, 0.1) is 0 Å². The minimum Gasteiger partial charge on any atom is -0.370 e. The summed E-state index contributed by atoms with van der Waals surface area (Å²) in [6.07, 6.45) is -3.50. The molecule has 2 aromatic rings. The fourth-order valence-corrected chi connectivity index (χ4v) is 8.35. The van der Waals surface area contributed by atoms with E-state index >= 15 is 4.39 Å². The van der Waals surface area contributed by atoms with Crippen molar-refractivity contribution in [3.63, 3.8) is 0 Å². The van der Waals surface area contributed by atoms with Gasteiger partial charge in [-0.2, -0.15) is 0 Å². The molecule has 0 aliphatic carbocycles. The van der Waals surface area contributed by atoms with Crippen molar-refractivity contribution in [3.8, 4) is 0 Å². The highest BCUT2D eigenvalue weighted by atomic mass is 33.1. The lowest BCUT2D eigenvalue weighted by molar-refractivity contribution is -0.0864. The molecule has 1 aromatic heterocycles. The number of benzene rings is 1. The van der Waals surface area contributed by atoms with E-state index < -0.39 is 49.3 Å². The zero-order chi connectivity index (χ0) is 24.6. The predicted octanol–water partition coefficient (Wildman–Crippen LogP) is 3.05. The van der Waals surface area contributed by atoms with Crippen LogP contribution in [0.1, 0.15) is 18.7 Å². The predicted molar refractivity (Wildman–Crippen MR) is 128 cm³/mol. The fraction of sp³-hybridized carbons (Fsp3) is 0.524. The molecule has 190 valence electrons. The number of fused-ring (bicyclic) bond motifs is 1. The summed E-state index contributed by atoms with van der Waals surface area (Å²) in [4.78, 5) is 25.7. The van der Waals surface area contributed by atoms with Crippen LogP contribution in [0.5, 0.6) is 0 Å².